The molecule has 1 aliphatic carbocycles. The van der Waals surface area contributed by atoms with Crippen molar-refractivity contribution >= 4 is 11.7 Å². The van der Waals surface area contributed by atoms with Crippen molar-refractivity contribution in [1.82, 2.24) is 5.32 Å². The summed E-state index contributed by atoms with van der Waals surface area (Å²) in [6.07, 6.45) is 6.98. The van der Waals surface area contributed by atoms with Crippen molar-refractivity contribution in [3.05, 3.63) is 29.3 Å². The van der Waals surface area contributed by atoms with Gasteiger partial charge in [-0.3, -0.25) is 0 Å². The van der Waals surface area contributed by atoms with Crippen LogP contribution in [0.3, 0.4) is 0 Å². The Labute approximate surface area is 119 Å². The number of urea groups is 1. The van der Waals surface area contributed by atoms with E-state index in [-0.39, 0.29) is 12.1 Å². The first-order valence-electron chi connectivity index (χ1n) is 7.60. The zero-order chi connectivity index (χ0) is 13.8. The fourth-order valence-electron chi connectivity index (χ4n) is 3.08. The Morgan fingerprint density at radius 1 is 1.25 bits per heavy atom. The molecule has 4 heteroatoms. The van der Waals surface area contributed by atoms with Gasteiger partial charge in [-0.1, -0.05) is 12.1 Å². The van der Waals surface area contributed by atoms with Gasteiger partial charge in [-0.05, 0) is 55.7 Å². The molecule has 3 rings (SSSR count). The number of fused-ring (bicyclic) bond motifs is 1. The molecule has 0 unspecified atom stereocenters. The minimum absolute atomic E-state index is 0.125. The van der Waals surface area contributed by atoms with Crippen molar-refractivity contribution in [2.75, 3.05) is 18.5 Å². The maximum absolute atomic E-state index is 12.0. The maximum Gasteiger partial charge on any atom is 0.319 e. The summed E-state index contributed by atoms with van der Waals surface area (Å²) >= 11 is 0. The van der Waals surface area contributed by atoms with Crippen LogP contribution in [0.1, 0.15) is 36.8 Å². The molecule has 1 aliphatic heterocycles. The second kappa shape index (κ2) is 6.27. The van der Waals surface area contributed by atoms with Crippen LogP contribution in [0.25, 0.3) is 0 Å². The number of anilines is 1. The van der Waals surface area contributed by atoms with Crippen LogP contribution >= 0.6 is 0 Å². The van der Waals surface area contributed by atoms with Gasteiger partial charge in [-0.25, -0.2) is 4.79 Å². The molecule has 0 saturated carbocycles. The molecule has 2 N–H and O–H groups in total. The first kappa shape index (κ1) is 13.4. The number of carbonyl (C=O) groups is 1. The van der Waals surface area contributed by atoms with E-state index in [4.69, 9.17) is 4.74 Å². The molecule has 2 amide bonds. The average molecular weight is 274 g/mol. The van der Waals surface area contributed by atoms with Gasteiger partial charge in [0.05, 0.1) is 6.10 Å². The average Bonchev–Trinajstić information content (AvgIpc) is 2.99. The lowest BCUT2D eigenvalue weighted by Gasteiger charge is -2.20. The van der Waals surface area contributed by atoms with E-state index in [2.05, 4.69) is 16.7 Å². The van der Waals surface area contributed by atoms with E-state index in [1.165, 1.54) is 24.0 Å². The molecular weight excluding hydrogens is 252 g/mol. The number of hydrogen-bond donors (Lipinski definition) is 2. The minimum Gasteiger partial charge on any atom is -0.376 e. The van der Waals surface area contributed by atoms with Gasteiger partial charge < -0.3 is 15.4 Å². The first-order chi connectivity index (χ1) is 9.83. The van der Waals surface area contributed by atoms with E-state index < -0.39 is 0 Å². The Kier molecular flexibility index (Phi) is 4.21. The van der Waals surface area contributed by atoms with E-state index >= 15 is 0 Å². The third-order valence-electron chi connectivity index (χ3n) is 4.16. The van der Waals surface area contributed by atoms with Crippen molar-refractivity contribution in [3.63, 3.8) is 0 Å². The molecule has 4 nitrogen and oxygen atoms in total. The van der Waals surface area contributed by atoms with Crippen LogP contribution in [0.4, 0.5) is 10.5 Å². The highest BCUT2D eigenvalue weighted by atomic mass is 16.5. The van der Waals surface area contributed by atoms with Crippen molar-refractivity contribution < 1.29 is 9.53 Å². The molecule has 0 radical (unpaired) electrons. The molecular formula is C16H22N2O2. The Morgan fingerprint density at radius 2 is 2.15 bits per heavy atom. The lowest BCUT2D eigenvalue weighted by Crippen LogP contribution is -2.35. The molecule has 1 atom stereocenters. The minimum atomic E-state index is -0.125. The lowest BCUT2D eigenvalue weighted by molar-refractivity contribution is 0.112. The molecule has 1 aromatic rings. The van der Waals surface area contributed by atoms with Crippen LogP contribution in [0.15, 0.2) is 18.2 Å². The SMILES string of the molecule is O=C(NC[C@@H]1CCCO1)Nc1cccc2c1CCCC2. The van der Waals surface area contributed by atoms with Gasteiger partial charge in [0.1, 0.15) is 0 Å². The predicted octanol–water partition coefficient (Wildman–Crippen LogP) is 2.87. The standard InChI is InChI=1S/C16H22N2O2/c19-16(17-11-13-7-4-10-20-13)18-15-9-3-6-12-5-1-2-8-14(12)15/h3,6,9,13H,1-2,4-5,7-8,10-11H2,(H2,17,18,19)/t13-/m0/s1. The van der Waals surface area contributed by atoms with Gasteiger partial charge in [0.15, 0.2) is 0 Å². The van der Waals surface area contributed by atoms with Gasteiger partial charge in [-0.2, -0.15) is 0 Å². The molecule has 1 aromatic carbocycles. The zero-order valence-corrected chi connectivity index (χ0v) is 11.8. The molecule has 108 valence electrons. The molecule has 1 fully saturated rings. The largest absolute Gasteiger partial charge is 0.376 e. The third kappa shape index (κ3) is 3.12. The van der Waals surface area contributed by atoms with Crippen LogP contribution in [0, 0.1) is 0 Å². The molecule has 1 heterocycles. The Balaban J connectivity index is 1.58. The fourth-order valence-corrected chi connectivity index (χ4v) is 3.08. The summed E-state index contributed by atoms with van der Waals surface area (Å²) in [5.74, 6) is 0. The smallest absolute Gasteiger partial charge is 0.319 e. The number of rotatable bonds is 3. The summed E-state index contributed by atoms with van der Waals surface area (Å²) in [5.41, 5.74) is 3.66. The molecule has 0 bridgehead atoms. The number of nitrogens with one attached hydrogen (secondary N) is 2. The second-order valence-corrected chi connectivity index (χ2v) is 5.62. The van der Waals surface area contributed by atoms with E-state index in [1.807, 2.05) is 12.1 Å². The molecule has 20 heavy (non-hydrogen) atoms. The van der Waals surface area contributed by atoms with Gasteiger partial charge in [-0.15, -0.1) is 0 Å². The first-order valence-corrected chi connectivity index (χ1v) is 7.60. The number of amides is 2. The van der Waals surface area contributed by atoms with Crippen molar-refractivity contribution in [1.29, 1.82) is 0 Å². The lowest BCUT2D eigenvalue weighted by atomic mass is 9.90. The van der Waals surface area contributed by atoms with Crippen LogP contribution < -0.4 is 10.6 Å². The summed E-state index contributed by atoms with van der Waals surface area (Å²) in [6, 6.07) is 6.07. The van der Waals surface area contributed by atoms with Crippen LogP contribution in [0.2, 0.25) is 0 Å². The van der Waals surface area contributed by atoms with Gasteiger partial charge in [0, 0.05) is 18.8 Å². The molecule has 0 spiro atoms. The van der Waals surface area contributed by atoms with Gasteiger partial charge in [0.2, 0.25) is 0 Å². The Morgan fingerprint density at radius 3 is 3.00 bits per heavy atom. The summed E-state index contributed by atoms with van der Waals surface area (Å²) in [6.45, 7) is 1.42. The third-order valence-corrected chi connectivity index (χ3v) is 4.16. The number of ether oxygens (including phenoxy) is 1. The predicted molar refractivity (Wildman–Crippen MR) is 79.1 cm³/mol. The number of hydrogen-bond acceptors (Lipinski definition) is 2. The van der Waals surface area contributed by atoms with Gasteiger partial charge in [0.25, 0.3) is 0 Å². The highest BCUT2D eigenvalue weighted by molar-refractivity contribution is 5.90. The Bertz CT molecular complexity index is 481. The summed E-state index contributed by atoms with van der Waals surface area (Å²) in [4.78, 5) is 12.0. The number of aryl methyl sites for hydroxylation is 1. The van der Waals surface area contributed by atoms with Crippen molar-refractivity contribution in [3.8, 4) is 0 Å². The highest BCUT2D eigenvalue weighted by Crippen LogP contribution is 2.27. The van der Waals surface area contributed by atoms with Gasteiger partial charge >= 0.3 is 6.03 Å². The number of carbonyl (C=O) groups excluding carboxylic acids is 1. The summed E-state index contributed by atoms with van der Waals surface area (Å²) < 4.78 is 5.50. The van der Waals surface area contributed by atoms with Crippen LogP contribution in [0.5, 0.6) is 0 Å². The van der Waals surface area contributed by atoms with E-state index in [0.29, 0.717) is 6.54 Å². The normalized spacial score (nSPS) is 21.3. The second-order valence-electron chi connectivity index (χ2n) is 5.62. The monoisotopic (exact) mass is 274 g/mol. The van der Waals surface area contributed by atoms with Crippen molar-refractivity contribution in [2.24, 2.45) is 0 Å². The Hall–Kier alpha value is -1.55. The molecule has 0 aromatic heterocycles. The topological polar surface area (TPSA) is 50.4 Å². The fraction of sp³-hybridized carbons (Fsp3) is 0.562. The maximum atomic E-state index is 12.0. The molecule has 2 aliphatic rings. The number of benzene rings is 1. The molecule has 1 saturated heterocycles. The summed E-state index contributed by atoms with van der Waals surface area (Å²) in [7, 11) is 0. The quantitative estimate of drug-likeness (QED) is 0.890. The highest BCUT2D eigenvalue weighted by Gasteiger charge is 2.17. The van der Waals surface area contributed by atoms with E-state index in [1.54, 1.807) is 0 Å². The van der Waals surface area contributed by atoms with Crippen LogP contribution in [-0.2, 0) is 17.6 Å². The van der Waals surface area contributed by atoms with E-state index in [0.717, 1.165) is 38.0 Å². The zero-order valence-electron chi connectivity index (χ0n) is 11.8. The summed E-state index contributed by atoms with van der Waals surface area (Å²) in [5, 5.41) is 5.89. The van der Waals surface area contributed by atoms with Crippen LogP contribution in [-0.4, -0.2) is 25.3 Å². The van der Waals surface area contributed by atoms with E-state index in [9.17, 15) is 4.79 Å². The van der Waals surface area contributed by atoms with Crippen molar-refractivity contribution in [2.45, 2.75) is 44.6 Å².